The van der Waals surface area contributed by atoms with Crippen molar-refractivity contribution in [3.05, 3.63) is 54.1 Å². The van der Waals surface area contributed by atoms with E-state index >= 15 is 0 Å². The molecule has 0 fully saturated rings. The largest absolute Gasteiger partial charge is 0.496 e. The Morgan fingerprint density at radius 3 is 2.48 bits per heavy atom. The predicted octanol–water partition coefficient (Wildman–Crippen LogP) is 3.77. The van der Waals surface area contributed by atoms with Crippen molar-refractivity contribution in [2.45, 2.75) is 6.42 Å². The fourth-order valence-electron chi connectivity index (χ4n) is 2.70. The molecule has 0 heterocycles. The maximum absolute atomic E-state index is 12.1. The number of methoxy groups -OCH3 is 2. The van der Waals surface area contributed by atoms with Gasteiger partial charge in [0, 0.05) is 21.9 Å². The average molecular weight is 280 g/mol. The molecular formula is C18H16O3. The Balaban J connectivity index is 2.32. The zero-order valence-electron chi connectivity index (χ0n) is 12.1. The molecular weight excluding hydrogens is 264 g/mol. The van der Waals surface area contributed by atoms with Gasteiger partial charge in [-0.3, -0.25) is 4.79 Å². The molecule has 0 saturated carbocycles. The first kappa shape index (κ1) is 13.4. The first-order valence-electron chi connectivity index (χ1n) is 6.81. The van der Waals surface area contributed by atoms with Crippen LogP contribution in [0, 0.1) is 0 Å². The van der Waals surface area contributed by atoms with Gasteiger partial charge in [-0.05, 0) is 18.6 Å². The normalized spacial score (nSPS) is 14.2. The summed E-state index contributed by atoms with van der Waals surface area (Å²) in [4.78, 5) is 12.1. The van der Waals surface area contributed by atoms with Crippen molar-refractivity contribution < 1.29 is 14.3 Å². The van der Waals surface area contributed by atoms with Gasteiger partial charge in [-0.1, -0.05) is 36.4 Å². The molecule has 21 heavy (non-hydrogen) atoms. The number of carbonyl (C=O) groups is 1. The van der Waals surface area contributed by atoms with Gasteiger partial charge in [0.25, 0.3) is 0 Å². The van der Waals surface area contributed by atoms with Gasteiger partial charge in [0.15, 0.2) is 5.78 Å². The van der Waals surface area contributed by atoms with E-state index in [0.29, 0.717) is 11.3 Å². The maximum Gasteiger partial charge on any atom is 0.185 e. The summed E-state index contributed by atoms with van der Waals surface area (Å²) in [6.07, 6.45) is 6.14. The minimum Gasteiger partial charge on any atom is -0.496 e. The van der Waals surface area contributed by atoms with Crippen LogP contribution in [0.15, 0.2) is 48.6 Å². The van der Waals surface area contributed by atoms with Crippen LogP contribution in [0.5, 0.6) is 11.5 Å². The lowest BCUT2D eigenvalue weighted by Crippen LogP contribution is -2.04. The Morgan fingerprint density at radius 1 is 1.05 bits per heavy atom. The first-order chi connectivity index (χ1) is 10.3. The van der Waals surface area contributed by atoms with Gasteiger partial charge in [0.05, 0.1) is 14.2 Å². The maximum atomic E-state index is 12.1. The van der Waals surface area contributed by atoms with Crippen LogP contribution in [0.25, 0.3) is 16.3 Å². The molecule has 3 nitrogen and oxygen atoms in total. The molecule has 1 aliphatic rings. The number of hydrogen-bond acceptors (Lipinski definition) is 3. The van der Waals surface area contributed by atoms with Gasteiger partial charge in [-0.15, -0.1) is 0 Å². The van der Waals surface area contributed by atoms with E-state index in [1.165, 1.54) is 0 Å². The molecule has 0 saturated heterocycles. The van der Waals surface area contributed by atoms with E-state index in [1.54, 1.807) is 20.3 Å². The molecule has 0 spiro atoms. The van der Waals surface area contributed by atoms with Crippen molar-refractivity contribution in [1.82, 2.24) is 0 Å². The molecule has 0 amide bonds. The third-order valence-electron chi connectivity index (χ3n) is 3.66. The number of carbonyl (C=O) groups excluding carboxylic acids is 1. The standard InChI is InChI=1S/C18H16O3/c1-20-17-11-15(12-7-5-6-10-16(12)19)18(21-2)14-9-4-3-8-13(14)17/h3-4,6-11H,5H2,1-2H3. The fraction of sp³-hybridized carbons (Fsp3) is 0.167. The highest BCUT2D eigenvalue weighted by molar-refractivity contribution is 6.28. The van der Waals surface area contributed by atoms with Crippen LogP contribution in [0.4, 0.5) is 0 Å². The Labute approximate surface area is 123 Å². The number of allylic oxidation sites excluding steroid dienone is 4. The molecule has 3 rings (SSSR count). The summed E-state index contributed by atoms with van der Waals surface area (Å²) >= 11 is 0. The minimum absolute atomic E-state index is 0.00289. The van der Waals surface area contributed by atoms with Gasteiger partial charge >= 0.3 is 0 Å². The third kappa shape index (κ3) is 2.21. The van der Waals surface area contributed by atoms with E-state index < -0.39 is 0 Å². The van der Waals surface area contributed by atoms with Crippen molar-refractivity contribution in [2.75, 3.05) is 14.2 Å². The Bertz CT molecular complexity index is 769. The van der Waals surface area contributed by atoms with E-state index in [-0.39, 0.29) is 5.78 Å². The number of hydrogen-bond donors (Lipinski definition) is 0. The van der Waals surface area contributed by atoms with E-state index in [2.05, 4.69) is 0 Å². The monoisotopic (exact) mass is 280 g/mol. The molecule has 0 unspecified atom stereocenters. The molecule has 0 bridgehead atoms. The van der Waals surface area contributed by atoms with Crippen molar-refractivity contribution in [3.8, 4) is 11.5 Å². The average Bonchev–Trinajstić information content (AvgIpc) is 2.53. The van der Waals surface area contributed by atoms with Crippen molar-refractivity contribution in [2.24, 2.45) is 0 Å². The molecule has 0 N–H and O–H groups in total. The summed E-state index contributed by atoms with van der Waals surface area (Å²) < 4.78 is 11.1. The fourth-order valence-corrected chi connectivity index (χ4v) is 2.70. The number of rotatable bonds is 3. The smallest absolute Gasteiger partial charge is 0.185 e. The van der Waals surface area contributed by atoms with E-state index in [4.69, 9.17) is 9.47 Å². The second-order valence-electron chi connectivity index (χ2n) is 4.83. The molecule has 2 aromatic rings. The number of ketones is 1. The molecule has 1 aliphatic carbocycles. The first-order valence-corrected chi connectivity index (χ1v) is 6.81. The number of ether oxygens (including phenoxy) is 2. The van der Waals surface area contributed by atoms with Gasteiger partial charge in [0.1, 0.15) is 11.5 Å². The van der Waals surface area contributed by atoms with Gasteiger partial charge in [-0.2, -0.15) is 0 Å². The molecule has 0 aliphatic heterocycles. The van der Waals surface area contributed by atoms with Crippen LogP contribution in [0.1, 0.15) is 12.0 Å². The second kappa shape index (κ2) is 5.44. The predicted molar refractivity (Wildman–Crippen MR) is 83.8 cm³/mol. The zero-order chi connectivity index (χ0) is 14.8. The molecule has 2 aromatic carbocycles. The summed E-state index contributed by atoms with van der Waals surface area (Å²) in [6, 6.07) is 9.74. The van der Waals surface area contributed by atoms with Crippen LogP contribution in [-0.4, -0.2) is 20.0 Å². The highest BCUT2D eigenvalue weighted by Gasteiger charge is 2.20. The summed E-state index contributed by atoms with van der Waals surface area (Å²) in [5, 5.41) is 1.91. The lowest BCUT2D eigenvalue weighted by molar-refractivity contribution is -0.109. The Hall–Kier alpha value is -2.55. The van der Waals surface area contributed by atoms with Crippen molar-refractivity contribution >= 4 is 22.1 Å². The molecule has 0 aromatic heterocycles. The molecule has 106 valence electrons. The van der Waals surface area contributed by atoms with E-state index in [9.17, 15) is 4.79 Å². The summed E-state index contributed by atoms with van der Waals surface area (Å²) in [6.45, 7) is 0. The van der Waals surface area contributed by atoms with E-state index in [1.807, 2.05) is 42.5 Å². The quantitative estimate of drug-likeness (QED) is 0.858. The van der Waals surface area contributed by atoms with Crippen LogP contribution >= 0.6 is 0 Å². The van der Waals surface area contributed by atoms with Gasteiger partial charge in [0.2, 0.25) is 0 Å². The lowest BCUT2D eigenvalue weighted by atomic mass is 9.93. The summed E-state index contributed by atoms with van der Waals surface area (Å²) in [5.41, 5.74) is 1.45. The molecule has 0 radical (unpaired) electrons. The highest BCUT2D eigenvalue weighted by atomic mass is 16.5. The Kier molecular flexibility index (Phi) is 3.48. The summed E-state index contributed by atoms with van der Waals surface area (Å²) in [5.74, 6) is 1.45. The third-order valence-corrected chi connectivity index (χ3v) is 3.66. The van der Waals surface area contributed by atoms with Crippen LogP contribution in [0.2, 0.25) is 0 Å². The number of fused-ring (bicyclic) bond motifs is 1. The van der Waals surface area contributed by atoms with Crippen molar-refractivity contribution in [1.29, 1.82) is 0 Å². The number of benzene rings is 2. The van der Waals surface area contributed by atoms with Crippen LogP contribution in [0.3, 0.4) is 0 Å². The SMILES string of the molecule is COc1cc(C2=CCC=CC2=O)c(OC)c2ccccc12. The van der Waals surface area contributed by atoms with Crippen molar-refractivity contribution in [3.63, 3.8) is 0 Å². The molecule has 0 atom stereocenters. The summed E-state index contributed by atoms with van der Waals surface area (Å²) in [7, 11) is 3.26. The van der Waals surface area contributed by atoms with Crippen LogP contribution in [-0.2, 0) is 4.79 Å². The Morgan fingerprint density at radius 2 is 1.81 bits per heavy atom. The van der Waals surface area contributed by atoms with E-state index in [0.717, 1.165) is 28.5 Å². The van der Waals surface area contributed by atoms with Gasteiger partial charge < -0.3 is 9.47 Å². The van der Waals surface area contributed by atoms with Crippen LogP contribution < -0.4 is 9.47 Å². The topological polar surface area (TPSA) is 35.5 Å². The van der Waals surface area contributed by atoms with Gasteiger partial charge in [-0.25, -0.2) is 0 Å². The highest BCUT2D eigenvalue weighted by Crippen LogP contribution is 2.40. The second-order valence-corrected chi connectivity index (χ2v) is 4.83. The lowest BCUT2D eigenvalue weighted by Gasteiger charge is -2.17. The zero-order valence-corrected chi connectivity index (χ0v) is 12.1. The minimum atomic E-state index is -0.00289. The molecule has 3 heteroatoms.